The Balaban J connectivity index is 1.88. The lowest BCUT2D eigenvalue weighted by molar-refractivity contribution is 0.181. The average molecular weight is 286 g/mol. The fourth-order valence-electron chi connectivity index (χ4n) is 2.71. The number of urea groups is 1. The van der Waals surface area contributed by atoms with Crippen molar-refractivity contribution < 1.29 is 9.32 Å². The molecule has 0 spiro atoms. The Labute approximate surface area is 122 Å². The summed E-state index contributed by atoms with van der Waals surface area (Å²) in [4.78, 5) is 17.7. The molecule has 0 saturated carbocycles. The highest BCUT2D eigenvalue weighted by molar-refractivity contribution is 5.72. The van der Waals surface area contributed by atoms with Gasteiger partial charge < -0.3 is 15.2 Å². The zero-order chi connectivity index (χ0) is 14.7. The second-order valence-electron chi connectivity index (χ2n) is 5.22. The maximum absolute atomic E-state index is 11.6. The van der Waals surface area contributed by atoms with E-state index in [-0.39, 0.29) is 6.04 Å². The molecule has 1 fully saturated rings. The van der Waals surface area contributed by atoms with Crippen molar-refractivity contribution in [3.63, 3.8) is 0 Å². The summed E-state index contributed by atoms with van der Waals surface area (Å²) in [6.07, 6.45) is 3.90. The Morgan fingerprint density at radius 3 is 2.81 bits per heavy atom. The normalized spacial score (nSPS) is 19.2. The monoisotopic (exact) mass is 286 g/mol. The number of nitrogens with zero attached hydrogens (tertiary/aromatic N) is 3. The number of primary amides is 1. The van der Waals surface area contributed by atoms with E-state index in [0.717, 1.165) is 31.2 Å². The Morgan fingerprint density at radius 1 is 1.24 bits per heavy atom. The maximum atomic E-state index is 11.6. The minimum atomic E-state index is -0.423. The molecular weight excluding hydrogens is 268 g/mol. The van der Waals surface area contributed by atoms with Gasteiger partial charge in [0.1, 0.15) is 0 Å². The summed E-state index contributed by atoms with van der Waals surface area (Å²) in [5.74, 6) is 1.01. The Hall–Kier alpha value is -2.37. The molecule has 2 heterocycles. The quantitative estimate of drug-likeness (QED) is 0.919. The van der Waals surface area contributed by atoms with Crippen LogP contribution < -0.4 is 5.73 Å². The highest BCUT2D eigenvalue weighted by Gasteiger charge is 2.29. The van der Waals surface area contributed by atoms with Crippen molar-refractivity contribution in [1.82, 2.24) is 15.0 Å². The van der Waals surface area contributed by atoms with E-state index in [9.17, 15) is 4.79 Å². The largest absolute Gasteiger partial charge is 0.351 e. The van der Waals surface area contributed by atoms with Crippen molar-refractivity contribution in [1.29, 1.82) is 0 Å². The lowest BCUT2D eigenvalue weighted by atomic mass is 10.1. The molecular formula is C15H18N4O2. The number of carbonyl (C=O) groups excluding carboxylic acids is 1. The van der Waals surface area contributed by atoms with E-state index in [0.29, 0.717) is 18.3 Å². The number of nitrogens with two attached hydrogens (primary N) is 1. The van der Waals surface area contributed by atoms with Crippen molar-refractivity contribution in [2.24, 2.45) is 5.73 Å². The number of aromatic nitrogens is 2. The van der Waals surface area contributed by atoms with Gasteiger partial charge in [0, 0.05) is 12.1 Å². The molecule has 2 amide bonds. The predicted molar refractivity (Wildman–Crippen MR) is 77.2 cm³/mol. The predicted octanol–water partition coefficient (Wildman–Crippen LogP) is 2.73. The highest BCUT2D eigenvalue weighted by atomic mass is 16.5. The molecule has 1 aromatic heterocycles. The summed E-state index contributed by atoms with van der Waals surface area (Å²) in [5, 5.41) is 4.05. The van der Waals surface area contributed by atoms with E-state index in [2.05, 4.69) is 10.1 Å². The van der Waals surface area contributed by atoms with Crippen LogP contribution in [0.25, 0.3) is 11.5 Å². The van der Waals surface area contributed by atoms with Crippen LogP contribution in [0.3, 0.4) is 0 Å². The van der Waals surface area contributed by atoms with Gasteiger partial charge in [-0.05, 0) is 25.0 Å². The SMILES string of the molecule is NC(=O)N1CCCCC[C@@H]1c1noc(-c2ccccc2)n1. The standard InChI is InChI=1S/C15H18N4O2/c16-15(20)19-10-6-2-5-9-12(19)13-17-14(21-18-13)11-7-3-1-4-8-11/h1,3-4,7-8,12H,2,5-6,9-10H2,(H2,16,20)/t12-/m1/s1. The molecule has 1 aliphatic rings. The van der Waals surface area contributed by atoms with Crippen LogP contribution in [-0.4, -0.2) is 27.6 Å². The van der Waals surface area contributed by atoms with Gasteiger partial charge in [0.25, 0.3) is 5.89 Å². The lowest BCUT2D eigenvalue weighted by Gasteiger charge is -2.25. The van der Waals surface area contributed by atoms with Crippen LogP contribution in [0.2, 0.25) is 0 Å². The van der Waals surface area contributed by atoms with Gasteiger partial charge >= 0.3 is 6.03 Å². The van der Waals surface area contributed by atoms with Crippen LogP contribution in [-0.2, 0) is 0 Å². The zero-order valence-corrected chi connectivity index (χ0v) is 11.7. The smallest absolute Gasteiger partial charge is 0.315 e. The van der Waals surface area contributed by atoms with Crippen LogP contribution in [0.15, 0.2) is 34.9 Å². The second-order valence-corrected chi connectivity index (χ2v) is 5.22. The van der Waals surface area contributed by atoms with E-state index in [1.54, 1.807) is 4.90 Å². The summed E-state index contributed by atoms with van der Waals surface area (Å²) in [5.41, 5.74) is 6.35. The first-order valence-corrected chi connectivity index (χ1v) is 7.21. The fraction of sp³-hybridized carbons (Fsp3) is 0.400. The number of hydrogen-bond donors (Lipinski definition) is 1. The molecule has 2 aromatic rings. The molecule has 1 aromatic carbocycles. The van der Waals surface area contributed by atoms with Crippen molar-refractivity contribution in [2.45, 2.75) is 31.7 Å². The van der Waals surface area contributed by atoms with Gasteiger partial charge in [-0.15, -0.1) is 0 Å². The molecule has 3 rings (SSSR count). The van der Waals surface area contributed by atoms with Crippen molar-refractivity contribution >= 4 is 6.03 Å². The van der Waals surface area contributed by atoms with E-state index in [1.165, 1.54) is 0 Å². The number of hydrogen-bond acceptors (Lipinski definition) is 4. The number of carbonyl (C=O) groups is 1. The maximum Gasteiger partial charge on any atom is 0.315 e. The average Bonchev–Trinajstić information content (AvgIpc) is 2.85. The first-order valence-electron chi connectivity index (χ1n) is 7.21. The molecule has 1 saturated heterocycles. The Bertz CT molecular complexity index is 611. The minimum absolute atomic E-state index is 0.189. The molecule has 1 atom stereocenters. The van der Waals surface area contributed by atoms with Crippen molar-refractivity contribution in [3.8, 4) is 11.5 Å². The van der Waals surface area contributed by atoms with Crippen LogP contribution in [0.1, 0.15) is 37.5 Å². The second kappa shape index (κ2) is 5.95. The van der Waals surface area contributed by atoms with Gasteiger partial charge in [-0.2, -0.15) is 4.98 Å². The third kappa shape index (κ3) is 2.89. The molecule has 6 nitrogen and oxygen atoms in total. The van der Waals surface area contributed by atoms with Crippen molar-refractivity contribution in [3.05, 3.63) is 36.2 Å². The summed E-state index contributed by atoms with van der Waals surface area (Å²) < 4.78 is 5.33. The van der Waals surface area contributed by atoms with Gasteiger partial charge in [-0.1, -0.05) is 36.2 Å². The summed E-state index contributed by atoms with van der Waals surface area (Å²) in [7, 11) is 0. The molecule has 6 heteroatoms. The third-order valence-electron chi connectivity index (χ3n) is 3.80. The number of rotatable bonds is 2. The van der Waals surface area contributed by atoms with E-state index in [1.807, 2.05) is 30.3 Å². The molecule has 0 unspecified atom stereocenters. The van der Waals surface area contributed by atoms with Crippen LogP contribution in [0, 0.1) is 0 Å². The van der Waals surface area contributed by atoms with Gasteiger partial charge in [-0.25, -0.2) is 4.79 Å². The summed E-state index contributed by atoms with van der Waals surface area (Å²) in [6, 6.07) is 8.98. The summed E-state index contributed by atoms with van der Waals surface area (Å²) in [6.45, 7) is 0.648. The molecule has 0 aliphatic carbocycles. The fourth-order valence-corrected chi connectivity index (χ4v) is 2.71. The first kappa shape index (κ1) is 13.6. The van der Waals surface area contributed by atoms with E-state index < -0.39 is 6.03 Å². The van der Waals surface area contributed by atoms with Gasteiger partial charge in [0.05, 0.1) is 6.04 Å². The topological polar surface area (TPSA) is 85.3 Å². The Morgan fingerprint density at radius 2 is 2.05 bits per heavy atom. The highest BCUT2D eigenvalue weighted by Crippen LogP contribution is 2.29. The molecule has 2 N–H and O–H groups in total. The number of benzene rings is 1. The minimum Gasteiger partial charge on any atom is -0.351 e. The van der Waals surface area contributed by atoms with Crippen LogP contribution >= 0.6 is 0 Å². The Kier molecular flexibility index (Phi) is 3.85. The third-order valence-corrected chi connectivity index (χ3v) is 3.80. The van der Waals surface area contributed by atoms with Crippen LogP contribution in [0.5, 0.6) is 0 Å². The molecule has 1 aliphatic heterocycles. The van der Waals surface area contributed by atoms with Crippen LogP contribution in [0.4, 0.5) is 4.79 Å². The molecule has 0 bridgehead atoms. The van der Waals surface area contributed by atoms with Gasteiger partial charge in [0.15, 0.2) is 5.82 Å². The molecule has 110 valence electrons. The first-order chi connectivity index (χ1) is 10.3. The molecule has 0 radical (unpaired) electrons. The summed E-state index contributed by atoms with van der Waals surface area (Å²) >= 11 is 0. The van der Waals surface area contributed by atoms with Gasteiger partial charge in [0.2, 0.25) is 0 Å². The zero-order valence-electron chi connectivity index (χ0n) is 11.7. The lowest BCUT2D eigenvalue weighted by Crippen LogP contribution is -2.39. The van der Waals surface area contributed by atoms with Crippen molar-refractivity contribution in [2.75, 3.05) is 6.54 Å². The number of likely N-dealkylation sites (tertiary alicyclic amines) is 1. The molecule has 21 heavy (non-hydrogen) atoms. The van der Waals surface area contributed by atoms with E-state index >= 15 is 0 Å². The van der Waals surface area contributed by atoms with E-state index in [4.69, 9.17) is 10.3 Å². The van der Waals surface area contributed by atoms with Gasteiger partial charge in [-0.3, -0.25) is 0 Å². The number of amides is 2.